The largest absolute Gasteiger partial charge is 0.486 e. The lowest BCUT2D eigenvalue weighted by Crippen LogP contribution is -2.30. The van der Waals surface area contributed by atoms with Crippen LogP contribution in [0.15, 0.2) is 64.9 Å². The van der Waals surface area contributed by atoms with Gasteiger partial charge in [0, 0.05) is 11.9 Å². The molecule has 0 fully saturated rings. The molecule has 0 bridgehead atoms. The van der Waals surface area contributed by atoms with Gasteiger partial charge in [-0.15, -0.1) is 11.3 Å². The van der Waals surface area contributed by atoms with Crippen LogP contribution in [0.5, 0.6) is 5.75 Å². The maximum atomic E-state index is 12.2. The number of hydrogen-bond donors (Lipinski definition) is 1. The van der Waals surface area contributed by atoms with E-state index in [-0.39, 0.29) is 29.5 Å². The Morgan fingerprint density at radius 1 is 1.10 bits per heavy atom. The zero-order chi connectivity index (χ0) is 20.7. The molecule has 0 saturated heterocycles. The van der Waals surface area contributed by atoms with E-state index in [2.05, 4.69) is 10.3 Å². The second-order valence-corrected chi connectivity index (χ2v) is 9.54. The first kappa shape index (κ1) is 21.0. The molecule has 29 heavy (non-hydrogen) atoms. The lowest BCUT2D eigenvalue weighted by Gasteiger charge is -2.06. The fraction of sp³-hybridized carbons (Fsp3) is 0.238. The van der Waals surface area contributed by atoms with Gasteiger partial charge in [0.25, 0.3) is 0 Å². The van der Waals surface area contributed by atoms with Crippen LogP contribution in [0.25, 0.3) is 0 Å². The summed E-state index contributed by atoms with van der Waals surface area (Å²) in [7, 11) is -3.41. The fourth-order valence-electron chi connectivity index (χ4n) is 2.57. The summed E-state index contributed by atoms with van der Waals surface area (Å²) >= 11 is 1.43. The smallest absolute Gasteiger partial charge is 0.226 e. The Hall–Kier alpha value is -2.71. The van der Waals surface area contributed by atoms with Crippen molar-refractivity contribution in [2.75, 3.05) is 12.3 Å². The molecule has 0 atom stereocenters. The van der Waals surface area contributed by atoms with Crippen LogP contribution in [0.4, 0.5) is 0 Å². The molecule has 1 aromatic heterocycles. The third-order valence-electron chi connectivity index (χ3n) is 4.12. The average molecular weight is 431 g/mol. The van der Waals surface area contributed by atoms with Gasteiger partial charge in [-0.1, -0.05) is 35.9 Å². The standard InChI is InChI=1S/C21H22N2O4S2/c1-16-7-9-18(10-8-16)27-14-21-23-17(15-28-21)13-20(24)22-11-12-29(25,26)19-5-3-2-4-6-19/h2-10,15H,11-14H2,1H3,(H,22,24). The number of aromatic nitrogens is 1. The van der Waals surface area contributed by atoms with Crippen molar-refractivity contribution in [3.63, 3.8) is 0 Å². The lowest BCUT2D eigenvalue weighted by molar-refractivity contribution is -0.120. The van der Waals surface area contributed by atoms with E-state index in [1.165, 1.54) is 11.3 Å². The molecule has 0 aliphatic rings. The van der Waals surface area contributed by atoms with E-state index >= 15 is 0 Å². The van der Waals surface area contributed by atoms with Crippen LogP contribution >= 0.6 is 11.3 Å². The maximum Gasteiger partial charge on any atom is 0.226 e. The molecule has 6 nitrogen and oxygen atoms in total. The highest BCUT2D eigenvalue weighted by molar-refractivity contribution is 7.91. The van der Waals surface area contributed by atoms with E-state index in [1.807, 2.05) is 36.6 Å². The summed E-state index contributed by atoms with van der Waals surface area (Å²) in [4.78, 5) is 16.7. The van der Waals surface area contributed by atoms with Crippen LogP contribution in [-0.4, -0.2) is 31.6 Å². The Morgan fingerprint density at radius 2 is 1.83 bits per heavy atom. The van der Waals surface area contributed by atoms with Crippen LogP contribution in [0.2, 0.25) is 0 Å². The van der Waals surface area contributed by atoms with E-state index in [4.69, 9.17) is 4.74 Å². The van der Waals surface area contributed by atoms with Crippen molar-refractivity contribution in [1.29, 1.82) is 0 Å². The summed E-state index contributed by atoms with van der Waals surface area (Å²) in [5.41, 5.74) is 1.80. The monoisotopic (exact) mass is 430 g/mol. The van der Waals surface area contributed by atoms with Gasteiger partial charge >= 0.3 is 0 Å². The van der Waals surface area contributed by atoms with E-state index in [0.29, 0.717) is 12.3 Å². The Kier molecular flexibility index (Phi) is 7.00. The van der Waals surface area contributed by atoms with E-state index < -0.39 is 9.84 Å². The molecule has 0 aliphatic heterocycles. The number of aryl methyl sites for hydroxylation is 1. The van der Waals surface area contributed by atoms with Crippen molar-refractivity contribution >= 4 is 27.1 Å². The third kappa shape index (κ3) is 6.40. The molecular weight excluding hydrogens is 408 g/mol. The molecule has 1 amide bonds. The van der Waals surface area contributed by atoms with Crippen molar-refractivity contribution < 1.29 is 17.9 Å². The highest BCUT2D eigenvalue weighted by Crippen LogP contribution is 2.16. The first-order valence-corrected chi connectivity index (χ1v) is 11.6. The number of carbonyl (C=O) groups is 1. The number of nitrogens with zero attached hydrogens (tertiary/aromatic N) is 1. The predicted molar refractivity (Wildman–Crippen MR) is 113 cm³/mol. The SMILES string of the molecule is Cc1ccc(OCc2nc(CC(=O)NCCS(=O)(=O)c3ccccc3)cs2)cc1. The van der Waals surface area contributed by atoms with E-state index in [9.17, 15) is 13.2 Å². The van der Waals surface area contributed by atoms with Gasteiger partial charge in [-0.2, -0.15) is 0 Å². The van der Waals surface area contributed by atoms with Crippen LogP contribution in [0, 0.1) is 6.92 Å². The summed E-state index contributed by atoms with van der Waals surface area (Å²) < 4.78 is 30.1. The molecule has 1 N–H and O–H groups in total. The number of amides is 1. The van der Waals surface area contributed by atoms with Crippen molar-refractivity contribution in [2.45, 2.75) is 24.8 Å². The van der Waals surface area contributed by atoms with Gasteiger partial charge in [0.05, 0.1) is 22.8 Å². The molecule has 0 aliphatic carbocycles. The Labute approximate surface area is 174 Å². The summed E-state index contributed by atoms with van der Waals surface area (Å²) in [5, 5.41) is 5.24. The quantitative estimate of drug-likeness (QED) is 0.564. The highest BCUT2D eigenvalue weighted by atomic mass is 32.2. The summed E-state index contributed by atoms with van der Waals surface area (Å²) in [5.74, 6) is 0.365. The number of ether oxygens (including phenoxy) is 1. The Balaban J connectivity index is 1.43. The number of carbonyl (C=O) groups excluding carboxylic acids is 1. The van der Waals surface area contributed by atoms with Gasteiger partial charge < -0.3 is 10.1 Å². The van der Waals surface area contributed by atoms with Gasteiger partial charge in [0.2, 0.25) is 5.91 Å². The second-order valence-electron chi connectivity index (χ2n) is 6.49. The molecular formula is C21H22N2O4S2. The average Bonchev–Trinajstić information content (AvgIpc) is 3.15. The molecule has 0 spiro atoms. The van der Waals surface area contributed by atoms with Crippen LogP contribution in [0.1, 0.15) is 16.3 Å². The molecule has 0 saturated carbocycles. The number of benzene rings is 2. The number of thiazole rings is 1. The van der Waals surface area contributed by atoms with Crippen molar-refractivity contribution in [1.82, 2.24) is 10.3 Å². The zero-order valence-electron chi connectivity index (χ0n) is 16.0. The molecule has 0 unspecified atom stereocenters. The maximum absolute atomic E-state index is 12.2. The normalized spacial score (nSPS) is 11.2. The number of rotatable bonds is 9. The molecule has 8 heteroatoms. The van der Waals surface area contributed by atoms with Crippen LogP contribution in [0.3, 0.4) is 0 Å². The summed E-state index contributed by atoms with van der Waals surface area (Å²) in [6.07, 6.45) is 0.104. The highest BCUT2D eigenvalue weighted by Gasteiger charge is 2.14. The number of sulfone groups is 1. The van der Waals surface area contributed by atoms with Crippen molar-refractivity contribution in [3.05, 3.63) is 76.2 Å². The van der Waals surface area contributed by atoms with Gasteiger partial charge in [-0.25, -0.2) is 13.4 Å². The molecule has 3 rings (SSSR count). The van der Waals surface area contributed by atoms with Gasteiger partial charge in [-0.05, 0) is 31.2 Å². The minimum Gasteiger partial charge on any atom is -0.486 e. The van der Waals surface area contributed by atoms with E-state index in [1.54, 1.807) is 30.3 Å². The van der Waals surface area contributed by atoms with E-state index in [0.717, 1.165) is 16.3 Å². The first-order chi connectivity index (χ1) is 13.9. The molecule has 2 aromatic carbocycles. The zero-order valence-corrected chi connectivity index (χ0v) is 17.6. The second kappa shape index (κ2) is 9.67. The van der Waals surface area contributed by atoms with Gasteiger partial charge in [0.15, 0.2) is 9.84 Å². The number of hydrogen-bond acceptors (Lipinski definition) is 6. The minimum absolute atomic E-state index is 0.0591. The molecule has 152 valence electrons. The van der Waals surface area contributed by atoms with Gasteiger partial charge in [-0.3, -0.25) is 4.79 Å². The lowest BCUT2D eigenvalue weighted by atomic mass is 10.2. The first-order valence-electron chi connectivity index (χ1n) is 9.10. The molecule has 0 radical (unpaired) electrons. The van der Waals surface area contributed by atoms with Crippen LogP contribution < -0.4 is 10.1 Å². The van der Waals surface area contributed by atoms with Crippen molar-refractivity contribution in [2.24, 2.45) is 0 Å². The topological polar surface area (TPSA) is 85.4 Å². The Morgan fingerprint density at radius 3 is 2.55 bits per heavy atom. The van der Waals surface area contributed by atoms with Crippen LogP contribution in [-0.2, 0) is 27.7 Å². The molecule has 3 aromatic rings. The predicted octanol–water partition coefficient (Wildman–Crippen LogP) is 3.16. The molecule has 1 heterocycles. The Bertz CT molecular complexity index is 1050. The summed E-state index contributed by atoms with van der Waals surface area (Å²) in [6, 6.07) is 16.0. The van der Waals surface area contributed by atoms with Gasteiger partial charge in [0.1, 0.15) is 17.4 Å². The summed E-state index contributed by atoms with van der Waals surface area (Å²) in [6.45, 7) is 2.41. The number of nitrogens with one attached hydrogen (secondary N) is 1. The minimum atomic E-state index is -3.41. The third-order valence-corrected chi connectivity index (χ3v) is 6.72. The van der Waals surface area contributed by atoms with Crippen molar-refractivity contribution in [3.8, 4) is 5.75 Å². The fourth-order valence-corrected chi connectivity index (χ4v) is 4.46.